The first-order valence-electron chi connectivity index (χ1n) is 16.9. The number of aromatic nitrogens is 4. The SMILES string of the molecule is COC(=O)NC(C(=O)N1CCCC1c1ncc(C#CC#Cc2ccc3nc(C4CCCN4C(=O)C(NC(=O)OC)C(C)C)[nH]c3c2)[nH]1)C(C)C.Cl.Cl. The van der Waals surface area contributed by atoms with Crippen LogP contribution in [0.3, 0.4) is 0 Å². The van der Waals surface area contributed by atoms with Gasteiger partial charge in [-0.25, -0.2) is 19.6 Å². The molecule has 52 heavy (non-hydrogen) atoms. The fourth-order valence-corrected chi connectivity index (χ4v) is 6.42. The van der Waals surface area contributed by atoms with E-state index in [1.807, 2.05) is 45.9 Å². The van der Waals surface area contributed by atoms with Crippen LogP contribution in [0.15, 0.2) is 24.4 Å². The number of aromatic amines is 2. The summed E-state index contributed by atoms with van der Waals surface area (Å²) < 4.78 is 9.44. The van der Waals surface area contributed by atoms with E-state index in [0.717, 1.165) is 42.3 Å². The van der Waals surface area contributed by atoms with Crippen molar-refractivity contribution in [2.45, 2.75) is 77.5 Å². The first-order valence-corrected chi connectivity index (χ1v) is 16.9. The molecule has 0 radical (unpaired) electrons. The maximum absolute atomic E-state index is 13.5. The summed E-state index contributed by atoms with van der Waals surface area (Å²) in [6, 6.07) is 3.75. The van der Waals surface area contributed by atoms with E-state index in [2.05, 4.69) is 49.3 Å². The Labute approximate surface area is 315 Å². The number of alkyl carbamates (subject to hydrolysis) is 2. The summed E-state index contributed by atoms with van der Waals surface area (Å²) in [5.74, 6) is 12.6. The molecule has 0 bridgehead atoms. The molecule has 2 fully saturated rings. The summed E-state index contributed by atoms with van der Waals surface area (Å²) in [4.78, 5) is 70.0. The van der Waals surface area contributed by atoms with Crippen molar-refractivity contribution in [1.29, 1.82) is 0 Å². The van der Waals surface area contributed by atoms with Gasteiger partial charge >= 0.3 is 12.2 Å². The molecular formula is C36H46Cl2N8O6. The zero-order valence-electron chi connectivity index (χ0n) is 30.1. The van der Waals surface area contributed by atoms with Crippen LogP contribution < -0.4 is 10.6 Å². The van der Waals surface area contributed by atoms with Crippen molar-refractivity contribution in [2.24, 2.45) is 11.8 Å². The maximum atomic E-state index is 13.5. The zero-order chi connectivity index (χ0) is 35.9. The van der Waals surface area contributed by atoms with E-state index in [1.54, 1.807) is 16.0 Å². The number of fused-ring (bicyclic) bond motifs is 1. The second-order valence-electron chi connectivity index (χ2n) is 13.1. The molecule has 14 nitrogen and oxygen atoms in total. The van der Waals surface area contributed by atoms with Crippen LogP contribution >= 0.6 is 24.8 Å². The van der Waals surface area contributed by atoms with Gasteiger partial charge < -0.3 is 39.9 Å². The van der Waals surface area contributed by atoms with Crippen LogP contribution in [0.25, 0.3) is 11.0 Å². The molecule has 4 atom stereocenters. The Morgan fingerprint density at radius 3 is 1.88 bits per heavy atom. The molecule has 1 aromatic carbocycles. The standard InChI is InChI=1S/C36H44N8O6.2ClH/c1-21(2)29(41-35(47)49-5)33(45)43-17-9-13-27(43)31-37-20-24(38-31)12-8-7-11-23-15-16-25-26(19-23)40-32(39-25)28-14-10-18-44(28)34(46)30(22(3)4)42-36(48)50-6;;/h15-16,19-22,27-30H,9-10,13-14,17-18H2,1-6H3,(H,37,38)(H,39,40)(H,41,47)(H,42,48);2*1H. The second-order valence-corrected chi connectivity index (χ2v) is 13.1. The summed E-state index contributed by atoms with van der Waals surface area (Å²) in [7, 11) is 2.55. The van der Waals surface area contributed by atoms with Crippen molar-refractivity contribution in [2.75, 3.05) is 27.3 Å². The third-order valence-corrected chi connectivity index (χ3v) is 9.05. The predicted octanol–water partition coefficient (Wildman–Crippen LogP) is 4.62. The summed E-state index contributed by atoms with van der Waals surface area (Å²) in [6.45, 7) is 8.66. The molecule has 2 aliphatic rings. The number of rotatable bonds is 8. The van der Waals surface area contributed by atoms with Crippen molar-refractivity contribution < 1.29 is 28.7 Å². The summed E-state index contributed by atoms with van der Waals surface area (Å²) in [6.07, 6.45) is 3.49. The fraction of sp³-hybridized carbons (Fsp3) is 0.500. The molecule has 280 valence electrons. The number of ether oxygens (including phenoxy) is 2. The topological polar surface area (TPSA) is 175 Å². The number of likely N-dealkylation sites (tertiary alicyclic amines) is 2. The Bertz CT molecular complexity index is 1870. The third kappa shape index (κ3) is 9.49. The lowest BCUT2D eigenvalue weighted by atomic mass is 10.0. The highest BCUT2D eigenvalue weighted by Gasteiger charge is 2.39. The molecular weight excluding hydrogens is 711 g/mol. The number of benzene rings is 1. The highest BCUT2D eigenvalue weighted by atomic mass is 35.5. The minimum Gasteiger partial charge on any atom is -0.453 e. The van der Waals surface area contributed by atoms with Gasteiger partial charge in [-0.05, 0) is 73.5 Å². The Balaban J connectivity index is 0.00000364. The molecule has 4 N–H and O–H groups in total. The van der Waals surface area contributed by atoms with Crippen LogP contribution in [-0.4, -0.2) is 93.1 Å². The number of nitrogens with zero attached hydrogens (tertiary/aromatic N) is 4. The molecule has 4 unspecified atom stereocenters. The lowest BCUT2D eigenvalue weighted by Gasteiger charge is -2.29. The Kier molecular flexibility index (Phi) is 14.8. The number of imidazole rings is 2. The summed E-state index contributed by atoms with van der Waals surface area (Å²) in [5, 5.41) is 5.33. The minimum atomic E-state index is -0.707. The minimum absolute atomic E-state index is 0. The summed E-state index contributed by atoms with van der Waals surface area (Å²) in [5.41, 5.74) is 2.87. The average molecular weight is 758 g/mol. The number of amides is 4. The van der Waals surface area contributed by atoms with Gasteiger partial charge in [0.05, 0.1) is 43.5 Å². The first-order chi connectivity index (χ1) is 24.0. The molecule has 5 rings (SSSR count). The Morgan fingerprint density at radius 1 is 0.808 bits per heavy atom. The van der Waals surface area contributed by atoms with Gasteiger partial charge in [0.2, 0.25) is 11.8 Å². The number of H-pyrrole nitrogens is 2. The predicted molar refractivity (Wildman–Crippen MR) is 199 cm³/mol. The molecule has 0 spiro atoms. The molecule has 16 heteroatoms. The molecule has 4 heterocycles. The lowest BCUT2D eigenvalue weighted by molar-refractivity contribution is -0.136. The summed E-state index contributed by atoms with van der Waals surface area (Å²) >= 11 is 0. The quantitative estimate of drug-likeness (QED) is 0.241. The van der Waals surface area contributed by atoms with E-state index in [9.17, 15) is 19.2 Å². The molecule has 0 aliphatic carbocycles. The number of carbonyl (C=O) groups excluding carboxylic acids is 4. The number of methoxy groups -OCH3 is 2. The van der Waals surface area contributed by atoms with E-state index in [0.29, 0.717) is 30.4 Å². The van der Waals surface area contributed by atoms with Crippen LogP contribution in [0, 0.1) is 35.5 Å². The van der Waals surface area contributed by atoms with E-state index >= 15 is 0 Å². The van der Waals surface area contributed by atoms with E-state index in [1.165, 1.54) is 14.2 Å². The first kappa shape index (κ1) is 41.5. The number of hydrogen-bond acceptors (Lipinski definition) is 8. The van der Waals surface area contributed by atoms with Crippen molar-refractivity contribution in [3.8, 4) is 23.7 Å². The Morgan fingerprint density at radius 2 is 1.35 bits per heavy atom. The molecule has 0 saturated carbocycles. The van der Waals surface area contributed by atoms with Gasteiger partial charge in [0.25, 0.3) is 0 Å². The monoisotopic (exact) mass is 756 g/mol. The van der Waals surface area contributed by atoms with Crippen molar-refractivity contribution >= 4 is 59.8 Å². The largest absolute Gasteiger partial charge is 0.453 e. The van der Waals surface area contributed by atoms with Crippen LogP contribution in [0.2, 0.25) is 0 Å². The van der Waals surface area contributed by atoms with Gasteiger partial charge in [0, 0.05) is 18.7 Å². The van der Waals surface area contributed by atoms with Crippen molar-refractivity contribution in [3.63, 3.8) is 0 Å². The van der Waals surface area contributed by atoms with Gasteiger partial charge in [0.1, 0.15) is 29.4 Å². The molecule has 2 aliphatic heterocycles. The number of nitrogens with one attached hydrogen (secondary N) is 4. The number of halogens is 2. The highest BCUT2D eigenvalue weighted by Crippen LogP contribution is 2.33. The molecule has 4 amide bonds. The fourth-order valence-electron chi connectivity index (χ4n) is 6.42. The normalized spacial score (nSPS) is 17.5. The highest BCUT2D eigenvalue weighted by molar-refractivity contribution is 5.87. The second kappa shape index (κ2) is 18.5. The van der Waals surface area contributed by atoms with Crippen molar-refractivity contribution in [3.05, 3.63) is 47.3 Å². The van der Waals surface area contributed by atoms with Crippen LogP contribution in [-0.2, 0) is 19.1 Å². The zero-order valence-corrected chi connectivity index (χ0v) is 31.7. The number of hydrogen-bond donors (Lipinski definition) is 4. The average Bonchev–Trinajstić information content (AvgIpc) is 3.92. The van der Waals surface area contributed by atoms with Gasteiger partial charge in [-0.1, -0.05) is 33.6 Å². The molecule has 2 saturated heterocycles. The van der Waals surface area contributed by atoms with E-state index in [4.69, 9.17) is 14.5 Å². The smallest absolute Gasteiger partial charge is 0.407 e. The van der Waals surface area contributed by atoms with E-state index < -0.39 is 24.3 Å². The third-order valence-electron chi connectivity index (χ3n) is 9.05. The van der Waals surface area contributed by atoms with Gasteiger partial charge in [-0.3, -0.25) is 9.59 Å². The Hall–Kier alpha value is -4.92. The molecule has 2 aromatic heterocycles. The van der Waals surface area contributed by atoms with Gasteiger partial charge in [0.15, 0.2) is 0 Å². The number of carbonyl (C=O) groups is 4. The van der Waals surface area contributed by atoms with Gasteiger partial charge in [-0.2, -0.15) is 0 Å². The lowest BCUT2D eigenvalue weighted by Crippen LogP contribution is -2.51. The van der Waals surface area contributed by atoms with Crippen molar-refractivity contribution in [1.82, 2.24) is 40.4 Å². The maximum Gasteiger partial charge on any atom is 0.407 e. The van der Waals surface area contributed by atoms with Crippen LogP contribution in [0.4, 0.5) is 9.59 Å². The van der Waals surface area contributed by atoms with Gasteiger partial charge in [-0.15, -0.1) is 24.8 Å². The van der Waals surface area contributed by atoms with Crippen LogP contribution in [0.1, 0.15) is 88.4 Å². The van der Waals surface area contributed by atoms with E-state index in [-0.39, 0.29) is 60.5 Å². The molecule has 3 aromatic rings. The van der Waals surface area contributed by atoms with Crippen LogP contribution in [0.5, 0.6) is 0 Å².